The Morgan fingerprint density at radius 1 is 1.11 bits per heavy atom. The maximum absolute atomic E-state index is 12.2. The van der Waals surface area contributed by atoms with E-state index in [1.807, 2.05) is 12.1 Å². The Morgan fingerprint density at radius 2 is 1.85 bits per heavy atom. The lowest BCUT2D eigenvalue weighted by molar-refractivity contribution is -0.120. The number of esters is 1. The predicted molar refractivity (Wildman–Crippen MR) is 101 cm³/mol. The summed E-state index contributed by atoms with van der Waals surface area (Å²) in [5.74, 6) is 0.631. The lowest BCUT2D eigenvalue weighted by Crippen LogP contribution is -2.27. The fourth-order valence-corrected chi connectivity index (χ4v) is 3.07. The minimum Gasteiger partial charge on any atom is -0.486 e. The fraction of sp³-hybridized carbons (Fsp3) is 0.300. The number of rotatable bonds is 6. The highest BCUT2D eigenvalue weighted by Gasteiger charge is 2.17. The zero-order valence-electron chi connectivity index (χ0n) is 14.9. The van der Waals surface area contributed by atoms with Crippen molar-refractivity contribution in [3.05, 3.63) is 58.1 Å². The van der Waals surface area contributed by atoms with Crippen LogP contribution in [0, 0.1) is 0 Å². The van der Waals surface area contributed by atoms with Crippen molar-refractivity contribution in [3.63, 3.8) is 0 Å². The predicted octanol–water partition coefficient (Wildman–Crippen LogP) is 2.80. The molecule has 0 radical (unpaired) electrons. The molecule has 1 N–H and O–H groups in total. The van der Waals surface area contributed by atoms with Crippen LogP contribution in [0.25, 0.3) is 0 Å². The van der Waals surface area contributed by atoms with Crippen LogP contribution in [0.3, 0.4) is 0 Å². The quantitative estimate of drug-likeness (QED) is 0.769. The Bertz CT molecular complexity index is 835. The van der Waals surface area contributed by atoms with Crippen LogP contribution in [0.2, 0.25) is 5.02 Å². The summed E-state index contributed by atoms with van der Waals surface area (Å²) in [6.07, 6.45) is 0.868. The molecule has 142 valence electrons. The van der Waals surface area contributed by atoms with Crippen molar-refractivity contribution in [1.29, 1.82) is 0 Å². The molecule has 1 aliphatic rings. The summed E-state index contributed by atoms with van der Waals surface area (Å²) in [5.41, 5.74) is 2.29. The first kappa shape index (κ1) is 19.0. The van der Waals surface area contributed by atoms with Gasteiger partial charge in [-0.15, -0.1) is 0 Å². The largest absolute Gasteiger partial charge is 0.486 e. The van der Waals surface area contributed by atoms with E-state index in [-0.39, 0.29) is 18.3 Å². The number of nitrogens with one attached hydrogen (secondary N) is 1. The number of hydrogen-bond donors (Lipinski definition) is 1. The van der Waals surface area contributed by atoms with Crippen molar-refractivity contribution in [2.45, 2.75) is 12.8 Å². The highest BCUT2D eigenvalue weighted by Crippen LogP contribution is 2.38. The lowest BCUT2D eigenvalue weighted by Gasteiger charge is -2.20. The summed E-state index contributed by atoms with van der Waals surface area (Å²) in [7, 11) is 1.35. The third-order valence-electron chi connectivity index (χ3n) is 4.13. The van der Waals surface area contributed by atoms with E-state index in [0.29, 0.717) is 48.3 Å². The Kier molecular flexibility index (Phi) is 6.19. The van der Waals surface area contributed by atoms with E-state index < -0.39 is 0 Å². The lowest BCUT2D eigenvalue weighted by atomic mass is 10.1. The molecule has 3 rings (SSSR count). The second-order valence-electron chi connectivity index (χ2n) is 6.07. The molecule has 0 spiro atoms. The first-order valence-corrected chi connectivity index (χ1v) is 8.96. The molecule has 0 atom stereocenters. The van der Waals surface area contributed by atoms with Crippen molar-refractivity contribution in [2.24, 2.45) is 0 Å². The maximum Gasteiger partial charge on any atom is 0.337 e. The van der Waals surface area contributed by atoms with Gasteiger partial charge < -0.3 is 19.5 Å². The summed E-state index contributed by atoms with van der Waals surface area (Å²) < 4.78 is 15.7. The molecule has 6 nitrogen and oxygen atoms in total. The van der Waals surface area contributed by atoms with Crippen LogP contribution in [0.15, 0.2) is 36.4 Å². The molecule has 2 aromatic rings. The summed E-state index contributed by atoms with van der Waals surface area (Å²) >= 11 is 6.19. The highest BCUT2D eigenvalue weighted by atomic mass is 35.5. The summed E-state index contributed by atoms with van der Waals surface area (Å²) in [6.45, 7) is 1.43. The third kappa shape index (κ3) is 4.92. The van der Waals surface area contributed by atoms with Gasteiger partial charge in [-0.25, -0.2) is 4.79 Å². The van der Waals surface area contributed by atoms with Gasteiger partial charge in [-0.3, -0.25) is 4.79 Å². The van der Waals surface area contributed by atoms with E-state index in [4.69, 9.17) is 21.1 Å². The smallest absolute Gasteiger partial charge is 0.337 e. The van der Waals surface area contributed by atoms with E-state index in [0.717, 1.165) is 11.1 Å². The molecule has 0 fully saturated rings. The number of methoxy groups -OCH3 is 1. The number of fused-ring (bicyclic) bond motifs is 1. The highest BCUT2D eigenvalue weighted by molar-refractivity contribution is 6.32. The molecule has 0 unspecified atom stereocenters. The Balaban J connectivity index is 1.50. The molecule has 0 saturated carbocycles. The van der Waals surface area contributed by atoms with Crippen LogP contribution < -0.4 is 14.8 Å². The van der Waals surface area contributed by atoms with Gasteiger partial charge in [-0.2, -0.15) is 0 Å². The molecule has 0 aromatic heterocycles. The first-order chi connectivity index (χ1) is 13.1. The van der Waals surface area contributed by atoms with Gasteiger partial charge in [0.1, 0.15) is 13.2 Å². The van der Waals surface area contributed by atoms with Crippen LogP contribution in [0.5, 0.6) is 11.5 Å². The number of benzene rings is 2. The van der Waals surface area contributed by atoms with E-state index >= 15 is 0 Å². The van der Waals surface area contributed by atoms with Gasteiger partial charge >= 0.3 is 5.97 Å². The summed E-state index contributed by atoms with van der Waals surface area (Å²) in [5, 5.41) is 3.33. The Labute approximate surface area is 162 Å². The van der Waals surface area contributed by atoms with E-state index in [1.54, 1.807) is 24.3 Å². The minimum absolute atomic E-state index is 0.103. The number of amides is 1. The van der Waals surface area contributed by atoms with Gasteiger partial charge in [0.15, 0.2) is 11.5 Å². The van der Waals surface area contributed by atoms with Gasteiger partial charge in [0.25, 0.3) is 0 Å². The molecule has 0 aliphatic carbocycles. The van der Waals surface area contributed by atoms with Crippen molar-refractivity contribution in [2.75, 3.05) is 26.9 Å². The van der Waals surface area contributed by atoms with Crippen molar-refractivity contribution < 1.29 is 23.8 Å². The first-order valence-electron chi connectivity index (χ1n) is 8.59. The van der Waals surface area contributed by atoms with Crippen LogP contribution in [-0.4, -0.2) is 38.7 Å². The van der Waals surface area contributed by atoms with E-state index in [9.17, 15) is 9.59 Å². The minimum atomic E-state index is -0.368. The second kappa shape index (κ2) is 8.77. The molecular weight excluding hydrogens is 370 g/mol. The molecule has 27 heavy (non-hydrogen) atoms. The van der Waals surface area contributed by atoms with Gasteiger partial charge in [-0.1, -0.05) is 23.7 Å². The van der Waals surface area contributed by atoms with E-state index in [2.05, 4.69) is 10.1 Å². The van der Waals surface area contributed by atoms with Gasteiger partial charge in [-0.05, 0) is 41.8 Å². The molecule has 0 bridgehead atoms. The fourth-order valence-electron chi connectivity index (χ4n) is 2.79. The molecule has 1 amide bonds. The van der Waals surface area contributed by atoms with Gasteiger partial charge in [0.05, 0.1) is 24.1 Å². The SMILES string of the molecule is COC(=O)c1ccc(CCNC(=O)Cc2cc(Cl)c3c(c2)OCCO3)cc1. The standard InChI is InChI=1S/C20H20ClNO5/c1-25-20(24)15-4-2-13(3-5-15)6-7-22-18(23)12-14-10-16(21)19-17(11-14)26-8-9-27-19/h2-5,10-11H,6-9,12H2,1H3,(H,22,23). The van der Waals surface area contributed by atoms with Gasteiger partial charge in [0, 0.05) is 6.54 Å². The van der Waals surface area contributed by atoms with Crippen LogP contribution >= 0.6 is 11.6 Å². The zero-order valence-corrected chi connectivity index (χ0v) is 15.7. The Morgan fingerprint density at radius 3 is 2.59 bits per heavy atom. The monoisotopic (exact) mass is 389 g/mol. The molecule has 1 aliphatic heterocycles. The average Bonchev–Trinajstić information content (AvgIpc) is 2.68. The second-order valence-corrected chi connectivity index (χ2v) is 6.47. The van der Waals surface area contributed by atoms with Crippen LogP contribution in [-0.2, 0) is 22.4 Å². The summed E-state index contributed by atoms with van der Waals surface area (Å²) in [4.78, 5) is 23.6. The molecule has 0 saturated heterocycles. The third-order valence-corrected chi connectivity index (χ3v) is 4.41. The van der Waals surface area contributed by atoms with E-state index in [1.165, 1.54) is 7.11 Å². The number of halogens is 1. The topological polar surface area (TPSA) is 73.9 Å². The number of carbonyl (C=O) groups excluding carboxylic acids is 2. The Hall–Kier alpha value is -2.73. The molecule has 7 heteroatoms. The molecule has 2 aromatic carbocycles. The average molecular weight is 390 g/mol. The summed E-state index contributed by atoms with van der Waals surface area (Å²) in [6, 6.07) is 10.6. The van der Waals surface area contributed by atoms with Crippen LogP contribution in [0.1, 0.15) is 21.5 Å². The number of ether oxygens (including phenoxy) is 3. The van der Waals surface area contributed by atoms with Gasteiger partial charge in [0.2, 0.25) is 5.91 Å². The molecule has 1 heterocycles. The number of hydrogen-bond acceptors (Lipinski definition) is 5. The van der Waals surface area contributed by atoms with Crippen molar-refractivity contribution in [3.8, 4) is 11.5 Å². The molecular formula is C20H20ClNO5. The zero-order chi connectivity index (χ0) is 19.2. The van der Waals surface area contributed by atoms with Crippen molar-refractivity contribution in [1.82, 2.24) is 5.32 Å². The van der Waals surface area contributed by atoms with Crippen molar-refractivity contribution >= 4 is 23.5 Å². The normalized spacial score (nSPS) is 12.4. The van der Waals surface area contributed by atoms with Crippen LogP contribution in [0.4, 0.5) is 0 Å². The maximum atomic E-state index is 12.2. The number of carbonyl (C=O) groups is 2.